The first-order valence-electron chi connectivity index (χ1n) is 6.49. The Labute approximate surface area is 122 Å². The van der Waals surface area contributed by atoms with Crippen LogP contribution >= 0.6 is 22.6 Å². The van der Waals surface area contributed by atoms with E-state index in [1.54, 1.807) is 0 Å². The van der Waals surface area contributed by atoms with E-state index >= 15 is 0 Å². The highest BCUT2D eigenvalue weighted by Crippen LogP contribution is 2.25. The van der Waals surface area contributed by atoms with Crippen molar-refractivity contribution in [3.63, 3.8) is 0 Å². The Morgan fingerprint density at radius 2 is 1.94 bits per heavy atom. The van der Waals surface area contributed by atoms with E-state index in [9.17, 15) is 4.79 Å². The summed E-state index contributed by atoms with van der Waals surface area (Å²) in [7, 11) is 0. The minimum atomic E-state index is -0.0384. The summed E-state index contributed by atoms with van der Waals surface area (Å²) in [5.74, 6) is 0.0389. The second-order valence-corrected chi connectivity index (χ2v) is 6.04. The molecule has 1 saturated carbocycles. The number of anilines is 1. The van der Waals surface area contributed by atoms with Crippen LogP contribution in [0.15, 0.2) is 24.3 Å². The van der Waals surface area contributed by atoms with Crippen molar-refractivity contribution in [2.75, 3.05) is 5.32 Å². The third-order valence-electron chi connectivity index (χ3n) is 3.54. The largest absolute Gasteiger partial charge is 0.327 e. The van der Waals surface area contributed by atoms with Crippen molar-refractivity contribution in [1.82, 2.24) is 0 Å². The molecule has 1 aliphatic rings. The maximum atomic E-state index is 12.3. The second kappa shape index (κ2) is 6.52. The third-order valence-corrected chi connectivity index (χ3v) is 4.48. The molecule has 2 atom stereocenters. The fourth-order valence-electron chi connectivity index (χ4n) is 2.45. The molecular weight excluding hydrogens is 339 g/mol. The number of hydrogen-bond acceptors (Lipinski definition) is 2. The van der Waals surface area contributed by atoms with Gasteiger partial charge in [-0.1, -0.05) is 31.4 Å². The number of hydrogen-bond donors (Lipinski definition) is 2. The summed E-state index contributed by atoms with van der Waals surface area (Å²) in [5, 5.41) is 3.01. The van der Waals surface area contributed by atoms with Gasteiger partial charge in [0.25, 0.3) is 0 Å². The zero-order chi connectivity index (χ0) is 13.0. The molecule has 0 radical (unpaired) electrons. The van der Waals surface area contributed by atoms with Gasteiger partial charge >= 0.3 is 0 Å². The molecule has 1 aromatic rings. The first-order valence-corrected chi connectivity index (χ1v) is 7.57. The topological polar surface area (TPSA) is 55.1 Å². The van der Waals surface area contributed by atoms with Gasteiger partial charge < -0.3 is 11.1 Å². The SMILES string of the molecule is NC1CCCCCC1C(=O)Nc1ccccc1I. The van der Waals surface area contributed by atoms with Gasteiger partial charge in [0.15, 0.2) is 0 Å². The van der Waals surface area contributed by atoms with Crippen molar-refractivity contribution < 1.29 is 4.79 Å². The van der Waals surface area contributed by atoms with Gasteiger partial charge in [-0.25, -0.2) is 0 Å². The Morgan fingerprint density at radius 1 is 1.22 bits per heavy atom. The van der Waals surface area contributed by atoms with E-state index in [-0.39, 0.29) is 17.9 Å². The van der Waals surface area contributed by atoms with Gasteiger partial charge in [0.1, 0.15) is 0 Å². The van der Waals surface area contributed by atoms with Crippen molar-refractivity contribution in [2.45, 2.75) is 38.1 Å². The van der Waals surface area contributed by atoms with Crippen molar-refractivity contribution in [1.29, 1.82) is 0 Å². The average molecular weight is 358 g/mol. The van der Waals surface area contributed by atoms with Crippen molar-refractivity contribution >= 4 is 34.2 Å². The summed E-state index contributed by atoms with van der Waals surface area (Å²) in [4.78, 5) is 12.3. The van der Waals surface area contributed by atoms with Crippen LogP contribution < -0.4 is 11.1 Å². The van der Waals surface area contributed by atoms with Crippen LogP contribution in [-0.4, -0.2) is 11.9 Å². The van der Waals surface area contributed by atoms with E-state index in [4.69, 9.17) is 5.73 Å². The first-order chi connectivity index (χ1) is 8.68. The maximum Gasteiger partial charge on any atom is 0.229 e. The minimum Gasteiger partial charge on any atom is -0.327 e. The summed E-state index contributed by atoms with van der Waals surface area (Å²) in [5.41, 5.74) is 7.00. The molecule has 0 spiro atoms. The van der Waals surface area contributed by atoms with Gasteiger partial charge in [0.05, 0.1) is 11.6 Å². The van der Waals surface area contributed by atoms with E-state index < -0.39 is 0 Å². The molecule has 1 aromatic carbocycles. The highest BCUT2D eigenvalue weighted by Gasteiger charge is 2.27. The number of benzene rings is 1. The lowest BCUT2D eigenvalue weighted by Gasteiger charge is -2.20. The quantitative estimate of drug-likeness (QED) is 0.631. The Balaban J connectivity index is 2.04. The lowest BCUT2D eigenvalue weighted by Crippen LogP contribution is -2.37. The Morgan fingerprint density at radius 3 is 2.72 bits per heavy atom. The second-order valence-electron chi connectivity index (χ2n) is 4.88. The molecule has 3 N–H and O–H groups in total. The standard InChI is InChI=1S/C14H19IN2O/c15-11-7-4-5-9-13(11)17-14(18)10-6-2-1-3-8-12(10)16/h4-5,7,9-10,12H,1-3,6,8,16H2,(H,17,18). The van der Waals surface area contributed by atoms with Crippen LogP contribution in [0, 0.1) is 9.49 Å². The molecule has 0 aliphatic heterocycles. The van der Waals surface area contributed by atoms with Crippen molar-refractivity contribution in [2.24, 2.45) is 11.7 Å². The smallest absolute Gasteiger partial charge is 0.229 e. The normalized spacial score (nSPS) is 24.3. The predicted octanol–water partition coefficient (Wildman–Crippen LogP) is 3.14. The Hall–Kier alpha value is -0.620. The van der Waals surface area contributed by atoms with E-state index in [1.807, 2.05) is 24.3 Å². The van der Waals surface area contributed by atoms with Crippen LogP contribution in [0.25, 0.3) is 0 Å². The van der Waals surface area contributed by atoms with Crippen LogP contribution in [0.4, 0.5) is 5.69 Å². The molecule has 1 aliphatic carbocycles. The Kier molecular flexibility index (Phi) is 5.00. The molecule has 0 saturated heterocycles. The molecule has 3 nitrogen and oxygen atoms in total. The van der Waals surface area contributed by atoms with Crippen LogP contribution in [0.1, 0.15) is 32.1 Å². The molecule has 1 fully saturated rings. The summed E-state index contributed by atoms with van der Waals surface area (Å²) in [6, 6.07) is 7.83. The van der Waals surface area contributed by atoms with Gasteiger partial charge in [-0.2, -0.15) is 0 Å². The number of halogens is 1. The summed E-state index contributed by atoms with van der Waals surface area (Å²) < 4.78 is 1.06. The molecule has 0 bridgehead atoms. The summed E-state index contributed by atoms with van der Waals surface area (Å²) in [6.07, 6.45) is 5.33. The van der Waals surface area contributed by atoms with Crippen LogP contribution in [0.3, 0.4) is 0 Å². The van der Waals surface area contributed by atoms with E-state index in [2.05, 4.69) is 27.9 Å². The van der Waals surface area contributed by atoms with E-state index in [0.29, 0.717) is 0 Å². The zero-order valence-corrected chi connectivity index (χ0v) is 12.5. The fraction of sp³-hybridized carbons (Fsp3) is 0.500. The molecule has 2 unspecified atom stereocenters. The lowest BCUT2D eigenvalue weighted by molar-refractivity contribution is -0.120. The van der Waals surface area contributed by atoms with Gasteiger partial charge in [0, 0.05) is 9.61 Å². The molecule has 0 aromatic heterocycles. The fourth-order valence-corrected chi connectivity index (χ4v) is 2.97. The number of para-hydroxylation sites is 1. The molecule has 1 amide bonds. The number of nitrogens with two attached hydrogens (primary N) is 1. The molecule has 98 valence electrons. The van der Waals surface area contributed by atoms with Gasteiger partial charge in [-0.05, 0) is 47.6 Å². The van der Waals surface area contributed by atoms with Gasteiger partial charge in [0.2, 0.25) is 5.91 Å². The Bertz CT molecular complexity index is 422. The molecule has 2 rings (SSSR count). The number of carbonyl (C=O) groups excluding carboxylic acids is 1. The maximum absolute atomic E-state index is 12.3. The van der Waals surface area contributed by atoms with Crippen molar-refractivity contribution in [3.8, 4) is 0 Å². The van der Waals surface area contributed by atoms with E-state index in [1.165, 1.54) is 6.42 Å². The average Bonchev–Trinajstić information content (AvgIpc) is 2.57. The molecule has 4 heteroatoms. The van der Waals surface area contributed by atoms with Crippen molar-refractivity contribution in [3.05, 3.63) is 27.8 Å². The number of carbonyl (C=O) groups is 1. The zero-order valence-electron chi connectivity index (χ0n) is 10.4. The first kappa shape index (κ1) is 13.8. The monoisotopic (exact) mass is 358 g/mol. The highest BCUT2D eigenvalue weighted by atomic mass is 127. The van der Waals surface area contributed by atoms with Crippen LogP contribution in [0.2, 0.25) is 0 Å². The van der Waals surface area contributed by atoms with Gasteiger partial charge in [-0.3, -0.25) is 4.79 Å². The molecule has 0 heterocycles. The molecule has 18 heavy (non-hydrogen) atoms. The number of nitrogens with one attached hydrogen (secondary N) is 1. The lowest BCUT2D eigenvalue weighted by atomic mass is 9.94. The minimum absolute atomic E-state index is 0.00822. The van der Waals surface area contributed by atoms with E-state index in [0.717, 1.165) is 34.9 Å². The van der Waals surface area contributed by atoms with Crippen LogP contribution in [-0.2, 0) is 4.79 Å². The summed E-state index contributed by atoms with van der Waals surface area (Å²) in [6.45, 7) is 0. The van der Waals surface area contributed by atoms with Crippen LogP contribution in [0.5, 0.6) is 0 Å². The van der Waals surface area contributed by atoms with Gasteiger partial charge in [-0.15, -0.1) is 0 Å². The number of rotatable bonds is 2. The predicted molar refractivity (Wildman–Crippen MR) is 82.3 cm³/mol. The summed E-state index contributed by atoms with van der Waals surface area (Å²) >= 11 is 2.23. The highest BCUT2D eigenvalue weighted by molar-refractivity contribution is 14.1. The number of amides is 1. The third kappa shape index (κ3) is 3.45. The molecular formula is C14H19IN2O.